The lowest BCUT2D eigenvalue weighted by Crippen LogP contribution is -2.39. The standard InChI is InChI=1S/C17H25NO2S/c1-2-9-18-17-14-5-3-4-6-15(14)20-12-16(17)21-13-7-10-19-11-8-13/h3-6,13,16-18H,2,7-12H2,1H3. The van der Waals surface area contributed by atoms with Crippen LogP contribution in [0, 0.1) is 0 Å². The molecule has 0 radical (unpaired) electrons. The van der Waals surface area contributed by atoms with Crippen molar-refractivity contribution in [2.24, 2.45) is 0 Å². The topological polar surface area (TPSA) is 30.5 Å². The third-order valence-electron chi connectivity index (χ3n) is 4.18. The summed E-state index contributed by atoms with van der Waals surface area (Å²) in [5, 5.41) is 4.94. The smallest absolute Gasteiger partial charge is 0.124 e. The summed E-state index contributed by atoms with van der Waals surface area (Å²) in [7, 11) is 0. The molecular weight excluding hydrogens is 282 g/mol. The maximum atomic E-state index is 6.00. The Kier molecular flexibility index (Phi) is 5.44. The highest BCUT2D eigenvalue weighted by Gasteiger charge is 2.33. The van der Waals surface area contributed by atoms with Crippen LogP contribution in [0.1, 0.15) is 37.8 Å². The zero-order chi connectivity index (χ0) is 14.5. The average molecular weight is 307 g/mol. The van der Waals surface area contributed by atoms with Crippen LogP contribution in [0.3, 0.4) is 0 Å². The van der Waals surface area contributed by atoms with Gasteiger partial charge in [-0.25, -0.2) is 0 Å². The molecule has 1 saturated heterocycles. The number of nitrogens with one attached hydrogen (secondary N) is 1. The quantitative estimate of drug-likeness (QED) is 0.903. The zero-order valence-corrected chi connectivity index (χ0v) is 13.5. The molecule has 4 heteroatoms. The van der Waals surface area contributed by atoms with Gasteiger partial charge in [-0.3, -0.25) is 0 Å². The van der Waals surface area contributed by atoms with Crippen molar-refractivity contribution < 1.29 is 9.47 Å². The second-order valence-corrected chi connectivity index (χ2v) is 7.31. The maximum Gasteiger partial charge on any atom is 0.124 e. The Morgan fingerprint density at radius 1 is 1.24 bits per heavy atom. The summed E-state index contributed by atoms with van der Waals surface area (Å²) in [4.78, 5) is 0. The van der Waals surface area contributed by atoms with E-state index in [1.807, 2.05) is 0 Å². The van der Waals surface area contributed by atoms with Crippen LogP contribution in [-0.4, -0.2) is 36.9 Å². The van der Waals surface area contributed by atoms with Crippen molar-refractivity contribution in [3.63, 3.8) is 0 Å². The fourth-order valence-corrected chi connectivity index (χ4v) is 4.56. The van der Waals surface area contributed by atoms with Crippen molar-refractivity contribution in [2.45, 2.75) is 42.7 Å². The normalized spacial score (nSPS) is 26.1. The number of ether oxygens (including phenoxy) is 2. The van der Waals surface area contributed by atoms with Crippen LogP contribution in [-0.2, 0) is 4.74 Å². The van der Waals surface area contributed by atoms with Crippen molar-refractivity contribution in [1.82, 2.24) is 5.32 Å². The van der Waals surface area contributed by atoms with Crippen LogP contribution in [0.4, 0.5) is 0 Å². The molecule has 3 nitrogen and oxygen atoms in total. The first-order chi connectivity index (χ1) is 10.4. The Morgan fingerprint density at radius 2 is 2.05 bits per heavy atom. The minimum Gasteiger partial charge on any atom is -0.492 e. The van der Waals surface area contributed by atoms with Gasteiger partial charge in [-0.05, 0) is 31.9 Å². The van der Waals surface area contributed by atoms with Crippen LogP contribution in [0.25, 0.3) is 0 Å². The fraction of sp³-hybridized carbons (Fsp3) is 0.647. The number of benzene rings is 1. The molecule has 21 heavy (non-hydrogen) atoms. The number of para-hydroxylation sites is 1. The van der Waals surface area contributed by atoms with Crippen molar-refractivity contribution in [3.8, 4) is 5.75 Å². The molecular formula is C17H25NO2S. The summed E-state index contributed by atoms with van der Waals surface area (Å²) >= 11 is 2.10. The lowest BCUT2D eigenvalue weighted by molar-refractivity contribution is 0.0997. The van der Waals surface area contributed by atoms with Crippen molar-refractivity contribution in [1.29, 1.82) is 0 Å². The molecule has 1 aromatic rings. The summed E-state index contributed by atoms with van der Waals surface area (Å²) in [5.41, 5.74) is 1.32. The van der Waals surface area contributed by atoms with E-state index in [4.69, 9.17) is 9.47 Å². The Hall–Kier alpha value is -0.710. The van der Waals surface area contributed by atoms with Crippen LogP contribution in [0.2, 0.25) is 0 Å². The molecule has 2 aliphatic heterocycles. The van der Waals surface area contributed by atoms with E-state index in [9.17, 15) is 0 Å². The molecule has 2 unspecified atom stereocenters. The molecule has 2 aliphatic rings. The highest BCUT2D eigenvalue weighted by atomic mass is 32.2. The first-order valence-corrected chi connectivity index (χ1v) is 9.01. The largest absolute Gasteiger partial charge is 0.492 e. The third kappa shape index (κ3) is 3.74. The minimum absolute atomic E-state index is 0.405. The van der Waals surface area contributed by atoms with E-state index in [0.29, 0.717) is 16.5 Å². The predicted octanol–water partition coefficient (Wildman–Crippen LogP) is 3.40. The third-order valence-corrected chi connectivity index (χ3v) is 5.79. The van der Waals surface area contributed by atoms with Gasteiger partial charge in [0.25, 0.3) is 0 Å². The molecule has 0 bridgehead atoms. The van der Waals surface area contributed by atoms with Gasteiger partial charge in [-0.15, -0.1) is 11.8 Å². The average Bonchev–Trinajstić information content (AvgIpc) is 2.55. The maximum absolute atomic E-state index is 6.00. The van der Waals surface area contributed by atoms with Gasteiger partial charge in [-0.1, -0.05) is 25.1 Å². The Bertz CT molecular complexity index is 448. The van der Waals surface area contributed by atoms with E-state index < -0.39 is 0 Å². The van der Waals surface area contributed by atoms with E-state index in [0.717, 1.165) is 38.5 Å². The lowest BCUT2D eigenvalue weighted by Gasteiger charge is -2.36. The van der Waals surface area contributed by atoms with Gasteiger partial charge < -0.3 is 14.8 Å². The molecule has 3 rings (SSSR count). The van der Waals surface area contributed by atoms with Gasteiger partial charge in [0.15, 0.2) is 0 Å². The molecule has 0 aromatic heterocycles. The van der Waals surface area contributed by atoms with Gasteiger partial charge in [-0.2, -0.15) is 0 Å². The second-order valence-electron chi connectivity index (χ2n) is 5.77. The molecule has 0 spiro atoms. The Labute approximate surface area is 131 Å². The van der Waals surface area contributed by atoms with Gasteiger partial charge >= 0.3 is 0 Å². The molecule has 116 valence electrons. The van der Waals surface area contributed by atoms with E-state index in [-0.39, 0.29) is 0 Å². The number of hydrogen-bond acceptors (Lipinski definition) is 4. The van der Waals surface area contributed by atoms with Crippen LogP contribution in [0.5, 0.6) is 5.75 Å². The second kappa shape index (κ2) is 7.52. The van der Waals surface area contributed by atoms with E-state index in [2.05, 4.69) is 48.3 Å². The van der Waals surface area contributed by atoms with Crippen molar-refractivity contribution in [2.75, 3.05) is 26.4 Å². The minimum atomic E-state index is 0.405. The molecule has 0 saturated carbocycles. The van der Waals surface area contributed by atoms with Gasteiger partial charge in [0, 0.05) is 24.0 Å². The summed E-state index contributed by atoms with van der Waals surface area (Å²) in [6.07, 6.45) is 3.50. The van der Waals surface area contributed by atoms with Gasteiger partial charge in [0.05, 0.1) is 11.3 Å². The highest BCUT2D eigenvalue weighted by molar-refractivity contribution is 8.00. The molecule has 0 amide bonds. The van der Waals surface area contributed by atoms with Crippen LogP contribution in [0.15, 0.2) is 24.3 Å². The summed E-state index contributed by atoms with van der Waals surface area (Å²) in [6.45, 7) is 5.91. The Morgan fingerprint density at radius 3 is 2.86 bits per heavy atom. The molecule has 1 aromatic carbocycles. The van der Waals surface area contributed by atoms with Gasteiger partial charge in [0.2, 0.25) is 0 Å². The first-order valence-electron chi connectivity index (χ1n) is 8.06. The Balaban J connectivity index is 1.72. The molecule has 2 heterocycles. The number of thioether (sulfide) groups is 1. The van der Waals surface area contributed by atoms with E-state index in [1.165, 1.54) is 18.4 Å². The summed E-state index contributed by atoms with van der Waals surface area (Å²) in [6, 6.07) is 8.87. The monoisotopic (exact) mass is 307 g/mol. The highest BCUT2D eigenvalue weighted by Crippen LogP contribution is 2.40. The fourth-order valence-electron chi connectivity index (χ4n) is 3.06. The molecule has 0 aliphatic carbocycles. The predicted molar refractivity (Wildman–Crippen MR) is 88.2 cm³/mol. The van der Waals surface area contributed by atoms with E-state index in [1.54, 1.807) is 0 Å². The first kappa shape index (κ1) is 15.2. The molecule has 2 atom stereocenters. The van der Waals surface area contributed by atoms with Crippen LogP contribution >= 0.6 is 11.8 Å². The van der Waals surface area contributed by atoms with Gasteiger partial charge in [0.1, 0.15) is 12.4 Å². The lowest BCUT2D eigenvalue weighted by atomic mass is 10.00. The zero-order valence-electron chi connectivity index (χ0n) is 12.7. The van der Waals surface area contributed by atoms with Crippen molar-refractivity contribution in [3.05, 3.63) is 29.8 Å². The number of hydrogen-bond donors (Lipinski definition) is 1. The SMILES string of the molecule is CCCNC1c2ccccc2OCC1SC1CCOCC1. The van der Waals surface area contributed by atoms with Crippen LogP contribution < -0.4 is 10.1 Å². The summed E-state index contributed by atoms with van der Waals surface area (Å²) < 4.78 is 11.5. The number of fused-ring (bicyclic) bond motifs is 1. The molecule has 1 fully saturated rings. The van der Waals surface area contributed by atoms with E-state index >= 15 is 0 Å². The molecule has 1 N–H and O–H groups in total. The van der Waals surface area contributed by atoms with Crippen molar-refractivity contribution >= 4 is 11.8 Å². The summed E-state index contributed by atoms with van der Waals surface area (Å²) in [5.74, 6) is 1.05. The number of rotatable bonds is 5.